The van der Waals surface area contributed by atoms with Crippen LogP contribution in [0, 0.1) is 0 Å². The SMILES string of the molecule is COc1ccc(C2=NC3(CCCCC3)N(CC(=O)Nc3ccc4c(c3)OCO4)C2=O)cc1. The summed E-state index contributed by atoms with van der Waals surface area (Å²) in [6, 6.07) is 12.5. The molecule has 8 nitrogen and oxygen atoms in total. The largest absolute Gasteiger partial charge is 0.497 e. The van der Waals surface area contributed by atoms with Gasteiger partial charge in [0.15, 0.2) is 11.5 Å². The minimum Gasteiger partial charge on any atom is -0.497 e. The van der Waals surface area contributed by atoms with Crippen LogP contribution in [0.3, 0.4) is 0 Å². The number of fused-ring (bicyclic) bond motifs is 1. The summed E-state index contributed by atoms with van der Waals surface area (Å²) in [7, 11) is 1.60. The lowest BCUT2D eigenvalue weighted by Gasteiger charge is -2.38. The molecule has 5 rings (SSSR count). The third kappa shape index (κ3) is 3.66. The predicted octanol–water partition coefficient (Wildman–Crippen LogP) is 3.35. The molecule has 0 aromatic heterocycles. The van der Waals surface area contributed by atoms with Crippen molar-refractivity contribution in [3.8, 4) is 17.2 Å². The van der Waals surface area contributed by atoms with E-state index in [4.69, 9.17) is 19.2 Å². The molecule has 2 aromatic rings. The number of carbonyl (C=O) groups excluding carboxylic acids is 2. The van der Waals surface area contributed by atoms with Gasteiger partial charge < -0.3 is 24.4 Å². The lowest BCUT2D eigenvalue weighted by atomic mass is 9.88. The Kier molecular flexibility index (Phi) is 5.20. The number of hydrogen-bond donors (Lipinski definition) is 1. The van der Waals surface area contributed by atoms with E-state index in [0.717, 1.165) is 37.7 Å². The third-order valence-electron chi connectivity index (χ3n) is 6.25. The lowest BCUT2D eigenvalue weighted by molar-refractivity contribution is -0.134. The van der Waals surface area contributed by atoms with Crippen molar-refractivity contribution in [3.05, 3.63) is 48.0 Å². The average Bonchev–Trinajstić information content (AvgIpc) is 3.38. The molecule has 166 valence electrons. The van der Waals surface area contributed by atoms with Crippen molar-refractivity contribution >= 4 is 23.2 Å². The highest BCUT2D eigenvalue weighted by Crippen LogP contribution is 2.40. The second-order valence-electron chi connectivity index (χ2n) is 8.24. The average molecular weight is 435 g/mol. The molecule has 1 N–H and O–H groups in total. The molecule has 1 saturated carbocycles. The number of ether oxygens (including phenoxy) is 3. The Morgan fingerprint density at radius 3 is 2.59 bits per heavy atom. The molecule has 8 heteroatoms. The standard InChI is InChI=1S/C24H25N3O5/c1-30-18-8-5-16(6-9-18)22-23(29)27(24(26-22)11-3-2-4-12-24)14-21(28)25-17-7-10-19-20(13-17)32-15-31-19/h5-10,13H,2-4,11-12,14-15H2,1H3,(H,25,28). The summed E-state index contributed by atoms with van der Waals surface area (Å²) in [6.07, 6.45) is 4.59. The fourth-order valence-electron chi connectivity index (χ4n) is 4.61. The number of rotatable bonds is 5. The van der Waals surface area contributed by atoms with Crippen LogP contribution < -0.4 is 19.5 Å². The highest BCUT2D eigenvalue weighted by atomic mass is 16.7. The molecule has 2 heterocycles. The van der Waals surface area contributed by atoms with Gasteiger partial charge in [-0.05, 0) is 62.1 Å². The van der Waals surface area contributed by atoms with Crippen LogP contribution in [0.4, 0.5) is 5.69 Å². The zero-order valence-corrected chi connectivity index (χ0v) is 17.9. The number of carbonyl (C=O) groups is 2. The predicted molar refractivity (Wildman–Crippen MR) is 118 cm³/mol. The summed E-state index contributed by atoms with van der Waals surface area (Å²) >= 11 is 0. The number of benzene rings is 2. The van der Waals surface area contributed by atoms with Crippen LogP contribution in [-0.2, 0) is 9.59 Å². The van der Waals surface area contributed by atoms with Gasteiger partial charge in [0, 0.05) is 17.3 Å². The van der Waals surface area contributed by atoms with E-state index in [1.54, 1.807) is 30.2 Å². The maximum Gasteiger partial charge on any atom is 0.275 e. The van der Waals surface area contributed by atoms with Crippen molar-refractivity contribution < 1.29 is 23.8 Å². The van der Waals surface area contributed by atoms with Crippen LogP contribution in [0.15, 0.2) is 47.5 Å². The van der Waals surface area contributed by atoms with E-state index in [9.17, 15) is 9.59 Å². The Balaban J connectivity index is 1.37. The van der Waals surface area contributed by atoms with E-state index < -0.39 is 5.66 Å². The highest BCUT2D eigenvalue weighted by molar-refractivity contribution is 6.47. The third-order valence-corrected chi connectivity index (χ3v) is 6.25. The molecule has 2 amide bonds. The number of hydrogen-bond acceptors (Lipinski definition) is 6. The van der Waals surface area contributed by atoms with Crippen LogP contribution in [0.5, 0.6) is 17.2 Å². The van der Waals surface area contributed by atoms with Crippen LogP contribution in [-0.4, -0.2) is 48.5 Å². The first-order chi connectivity index (χ1) is 15.6. The van der Waals surface area contributed by atoms with Crippen molar-refractivity contribution in [3.63, 3.8) is 0 Å². The summed E-state index contributed by atoms with van der Waals surface area (Å²) in [6.45, 7) is 0.111. The van der Waals surface area contributed by atoms with Crippen molar-refractivity contribution in [2.75, 3.05) is 25.8 Å². The van der Waals surface area contributed by atoms with Crippen molar-refractivity contribution in [2.24, 2.45) is 4.99 Å². The van der Waals surface area contributed by atoms with Gasteiger partial charge in [0.05, 0.1) is 7.11 Å². The number of nitrogens with zero attached hydrogens (tertiary/aromatic N) is 2. The summed E-state index contributed by atoms with van der Waals surface area (Å²) in [5.74, 6) is 1.48. The number of aliphatic imine (C=N–C) groups is 1. The Hall–Kier alpha value is -3.55. The monoisotopic (exact) mass is 435 g/mol. The molecular weight excluding hydrogens is 410 g/mol. The first kappa shape index (κ1) is 20.4. The maximum atomic E-state index is 13.4. The Morgan fingerprint density at radius 2 is 1.84 bits per heavy atom. The van der Waals surface area contributed by atoms with Crippen molar-refractivity contribution in [1.29, 1.82) is 0 Å². The van der Waals surface area contributed by atoms with Gasteiger partial charge in [-0.3, -0.25) is 14.6 Å². The molecule has 0 bridgehead atoms. The second-order valence-corrected chi connectivity index (χ2v) is 8.24. The van der Waals surface area contributed by atoms with Crippen molar-refractivity contribution in [1.82, 2.24) is 4.90 Å². The Labute approximate surface area is 186 Å². The minimum absolute atomic E-state index is 0.0591. The first-order valence-corrected chi connectivity index (χ1v) is 10.8. The number of nitrogens with one attached hydrogen (secondary N) is 1. The summed E-state index contributed by atoms with van der Waals surface area (Å²) in [5.41, 5.74) is 1.08. The van der Waals surface area contributed by atoms with Gasteiger partial charge in [-0.1, -0.05) is 6.42 Å². The molecule has 1 spiro atoms. The van der Waals surface area contributed by atoms with Gasteiger partial charge in [0.25, 0.3) is 5.91 Å². The minimum atomic E-state index is -0.656. The Bertz CT molecular complexity index is 1070. The van der Waals surface area contributed by atoms with E-state index in [-0.39, 0.29) is 25.2 Å². The van der Waals surface area contributed by atoms with Gasteiger partial charge >= 0.3 is 0 Å². The molecule has 1 aliphatic carbocycles. The number of amides is 2. The van der Waals surface area contributed by atoms with Crippen LogP contribution in [0.25, 0.3) is 0 Å². The van der Waals surface area contributed by atoms with Crippen LogP contribution in [0.2, 0.25) is 0 Å². The van der Waals surface area contributed by atoms with Crippen molar-refractivity contribution in [2.45, 2.75) is 37.8 Å². The van der Waals surface area contributed by atoms with E-state index in [1.165, 1.54) is 0 Å². The molecule has 32 heavy (non-hydrogen) atoms. The van der Waals surface area contributed by atoms with Crippen LogP contribution >= 0.6 is 0 Å². The summed E-state index contributed by atoms with van der Waals surface area (Å²) in [5, 5.41) is 2.87. The van der Waals surface area contributed by atoms with Gasteiger partial charge in [-0.15, -0.1) is 0 Å². The van der Waals surface area contributed by atoms with E-state index in [2.05, 4.69) is 5.32 Å². The molecule has 2 aliphatic heterocycles. The van der Waals surface area contributed by atoms with E-state index in [1.807, 2.05) is 24.3 Å². The molecular formula is C24H25N3O5. The smallest absolute Gasteiger partial charge is 0.275 e. The summed E-state index contributed by atoms with van der Waals surface area (Å²) < 4.78 is 15.9. The molecule has 0 saturated heterocycles. The topological polar surface area (TPSA) is 89.5 Å². The molecule has 1 fully saturated rings. The number of anilines is 1. The molecule has 2 aromatic carbocycles. The van der Waals surface area contributed by atoms with Gasteiger partial charge in [-0.25, -0.2) is 0 Å². The quantitative estimate of drug-likeness (QED) is 0.778. The molecule has 3 aliphatic rings. The highest BCUT2D eigenvalue weighted by Gasteiger charge is 2.48. The first-order valence-electron chi connectivity index (χ1n) is 10.8. The fraction of sp³-hybridized carbons (Fsp3) is 0.375. The van der Waals surface area contributed by atoms with E-state index in [0.29, 0.717) is 28.6 Å². The van der Waals surface area contributed by atoms with Gasteiger partial charge in [0.2, 0.25) is 12.7 Å². The van der Waals surface area contributed by atoms with E-state index >= 15 is 0 Å². The normalized spacial score (nSPS) is 18.6. The Morgan fingerprint density at radius 1 is 1.09 bits per heavy atom. The zero-order valence-electron chi connectivity index (χ0n) is 17.9. The molecule has 0 atom stereocenters. The molecule has 0 unspecified atom stereocenters. The lowest BCUT2D eigenvalue weighted by Crippen LogP contribution is -2.51. The fourth-order valence-corrected chi connectivity index (χ4v) is 4.61. The maximum absolute atomic E-state index is 13.4. The summed E-state index contributed by atoms with van der Waals surface area (Å²) in [4.78, 5) is 32.9. The number of methoxy groups -OCH3 is 1. The van der Waals surface area contributed by atoms with Gasteiger partial charge in [0.1, 0.15) is 23.7 Å². The van der Waals surface area contributed by atoms with Crippen LogP contribution in [0.1, 0.15) is 37.7 Å². The zero-order chi connectivity index (χ0) is 22.1. The van der Waals surface area contributed by atoms with Gasteiger partial charge in [-0.2, -0.15) is 0 Å². The molecule has 0 radical (unpaired) electrons. The second kappa shape index (κ2) is 8.18.